The molecule has 2 aromatic heterocycles. The molecular weight excluding hydrogens is 290 g/mol. The number of carbonyl (C=O) groups excluding carboxylic acids is 1. The summed E-state index contributed by atoms with van der Waals surface area (Å²) in [7, 11) is 0. The molecule has 0 amide bonds. The van der Waals surface area contributed by atoms with Crippen molar-refractivity contribution in [2.75, 3.05) is 6.61 Å². The van der Waals surface area contributed by atoms with Crippen LogP contribution in [0.2, 0.25) is 0 Å². The first kappa shape index (κ1) is 13.3. The lowest BCUT2D eigenvalue weighted by atomic mass is 10.3. The third-order valence-electron chi connectivity index (χ3n) is 2.83. The molecule has 3 rings (SSSR count). The fourth-order valence-electron chi connectivity index (χ4n) is 1.87. The van der Waals surface area contributed by atoms with Crippen molar-refractivity contribution in [1.29, 1.82) is 0 Å². The standard InChI is InChI=1S/C15H13NO2S2/c1-10-6-7-13(19-10)15(17)18-9-8-14-16-11-4-2-3-5-12(11)20-14/h2-7H,8-9H2,1H3. The molecule has 0 spiro atoms. The summed E-state index contributed by atoms with van der Waals surface area (Å²) in [6.45, 7) is 2.35. The van der Waals surface area contributed by atoms with E-state index in [9.17, 15) is 4.79 Å². The van der Waals surface area contributed by atoms with Gasteiger partial charge in [-0.05, 0) is 31.2 Å². The normalized spacial score (nSPS) is 10.8. The molecule has 0 saturated heterocycles. The van der Waals surface area contributed by atoms with Gasteiger partial charge < -0.3 is 4.74 Å². The first-order valence-electron chi connectivity index (χ1n) is 6.30. The second kappa shape index (κ2) is 5.73. The smallest absolute Gasteiger partial charge is 0.348 e. The quantitative estimate of drug-likeness (QED) is 0.682. The highest BCUT2D eigenvalue weighted by Crippen LogP contribution is 2.22. The fourth-order valence-corrected chi connectivity index (χ4v) is 3.58. The average Bonchev–Trinajstić information content (AvgIpc) is 3.04. The monoisotopic (exact) mass is 303 g/mol. The van der Waals surface area contributed by atoms with Crippen LogP contribution in [0.4, 0.5) is 0 Å². The molecule has 0 radical (unpaired) electrons. The van der Waals surface area contributed by atoms with Crippen molar-refractivity contribution >= 4 is 38.9 Å². The first-order chi connectivity index (χ1) is 9.72. The Labute approximate surface area is 124 Å². The summed E-state index contributed by atoms with van der Waals surface area (Å²) in [4.78, 5) is 18.1. The zero-order valence-electron chi connectivity index (χ0n) is 11.0. The highest BCUT2D eigenvalue weighted by molar-refractivity contribution is 7.18. The summed E-state index contributed by atoms with van der Waals surface area (Å²) in [6.07, 6.45) is 0.662. The van der Waals surface area contributed by atoms with Gasteiger partial charge in [0.05, 0.1) is 21.8 Å². The SMILES string of the molecule is Cc1ccc(C(=O)OCCc2nc3ccccc3s2)s1. The van der Waals surface area contributed by atoms with Crippen LogP contribution in [0.1, 0.15) is 19.6 Å². The summed E-state index contributed by atoms with van der Waals surface area (Å²) in [6, 6.07) is 11.8. The molecule has 0 atom stereocenters. The van der Waals surface area contributed by atoms with Gasteiger partial charge in [0, 0.05) is 11.3 Å². The van der Waals surface area contributed by atoms with E-state index in [1.54, 1.807) is 17.4 Å². The van der Waals surface area contributed by atoms with E-state index in [4.69, 9.17) is 4.74 Å². The molecule has 20 heavy (non-hydrogen) atoms. The Hall–Kier alpha value is -1.72. The summed E-state index contributed by atoms with van der Waals surface area (Å²) >= 11 is 3.11. The van der Waals surface area contributed by atoms with Crippen LogP contribution in [0.25, 0.3) is 10.2 Å². The van der Waals surface area contributed by atoms with Gasteiger partial charge in [0.25, 0.3) is 0 Å². The van der Waals surface area contributed by atoms with Crippen molar-refractivity contribution in [3.05, 3.63) is 51.2 Å². The third kappa shape index (κ3) is 2.89. The Morgan fingerprint density at radius 3 is 2.80 bits per heavy atom. The number of thiophene rings is 1. The van der Waals surface area contributed by atoms with Crippen molar-refractivity contribution in [3.8, 4) is 0 Å². The minimum absolute atomic E-state index is 0.246. The first-order valence-corrected chi connectivity index (χ1v) is 7.94. The zero-order chi connectivity index (χ0) is 13.9. The Bertz CT molecular complexity index is 712. The van der Waals surface area contributed by atoms with Gasteiger partial charge in [0.2, 0.25) is 0 Å². The summed E-state index contributed by atoms with van der Waals surface area (Å²) in [5.74, 6) is -0.246. The number of aryl methyl sites for hydroxylation is 1. The number of hydrogen-bond acceptors (Lipinski definition) is 5. The Morgan fingerprint density at radius 1 is 1.20 bits per heavy atom. The molecule has 1 aromatic carbocycles. The van der Waals surface area contributed by atoms with Crippen molar-refractivity contribution in [1.82, 2.24) is 4.98 Å². The van der Waals surface area contributed by atoms with Crippen LogP contribution in [-0.2, 0) is 11.2 Å². The molecule has 0 unspecified atom stereocenters. The number of benzene rings is 1. The Morgan fingerprint density at radius 2 is 2.05 bits per heavy atom. The number of thiazole rings is 1. The number of carbonyl (C=O) groups is 1. The van der Waals surface area contributed by atoms with E-state index in [-0.39, 0.29) is 5.97 Å². The summed E-state index contributed by atoms with van der Waals surface area (Å²) in [5.41, 5.74) is 1.01. The van der Waals surface area contributed by atoms with Crippen molar-refractivity contribution in [3.63, 3.8) is 0 Å². The molecule has 0 aliphatic heterocycles. The van der Waals surface area contributed by atoms with Gasteiger partial charge in [-0.25, -0.2) is 9.78 Å². The van der Waals surface area contributed by atoms with Crippen LogP contribution in [-0.4, -0.2) is 17.6 Å². The number of esters is 1. The maximum absolute atomic E-state index is 11.8. The highest BCUT2D eigenvalue weighted by Gasteiger charge is 2.10. The lowest BCUT2D eigenvalue weighted by molar-refractivity contribution is 0.0515. The molecule has 0 N–H and O–H groups in total. The highest BCUT2D eigenvalue weighted by atomic mass is 32.1. The molecule has 0 saturated carbocycles. The molecule has 0 fully saturated rings. The van der Waals surface area contributed by atoms with Crippen molar-refractivity contribution < 1.29 is 9.53 Å². The molecular formula is C15H13NO2S2. The number of para-hydroxylation sites is 1. The Balaban J connectivity index is 1.58. The average molecular weight is 303 g/mol. The minimum Gasteiger partial charge on any atom is -0.461 e. The van der Waals surface area contributed by atoms with E-state index >= 15 is 0 Å². The van der Waals surface area contributed by atoms with Crippen LogP contribution in [0.3, 0.4) is 0 Å². The molecule has 102 valence electrons. The van der Waals surface area contributed by atoms with E-state index in [0.717, 1.165) is 15.4 Å². The van der Waals surface area contributed by atoms with E-state index in [1.165, 1.54) is 16.0 Å². The van der Waals surface area contributed by atoms with Gasteiger partial charge in [-0.15, -0.1) is 22.7 Å². The van der Waals surface area contributed by atoms with Gasteiger partial charge in [0.15, 0.2) is 0 Å². The van der Waals surface area contributed by atoms with Gasteiger partial charge in [0.1, 0.15) is 4.88 Å². The predicted octanol–water partition coefficient (Wildman–Crippen LogP) is 4.07. The maximum atomic E-state index is 11.8. The second-order valence-corrected chi connectivity index (χ2v) is 6.77. The number of hydrogen-bond donors (Lipinski definition) is 0. The Kier molecular flexibility index (Phi) is 3.80. The number of aromatic nitrogens is 1. The number of rotatable bonds is 4. The lowest BCUT2D eigenvalue weighted by Crippen LogP contribution is -2.06. The van der Waals surface area contributed by atoms with Gasteiger partial charge in [-0.2, -0.15) is 0 Å². The fraction of sp³-hybridized carbons (Fsp3) is 0.200. The summed E-state index contributed by atoms with van der Waals surface area (Å²) < 4.78 is 6.45. The number of fused-ring (bicyclic) bond motifs is 1. The molecule has 3 aromatic rings. The van der Waals surface area contributed by atoms with Crippen LogP contribution in [0.5, 0.6) is 0 Å². The van der Waals surface area contributed by atoms with Crippen molar-refractivity contribution in [2.24, 2.45) is 0 Å². The molecule has 0 aliphatic carbocycles. The second-order valence-electron chi connectivity index (χ2n) is 4.37. The molecule has 0 bridgehead atoms. The number of nitrogens with zero attached hydrogens (tertiary/aromatic N) is 1. The third-order valence-corrected chi connectivity index (χ3v) is 4.91. The van der Waals surface area contributed by atoms with E-state index in [2.05, 4.69) is 11.1 Å². The van der Waals surface area contributed by atoms with Crippen LogP contribution >= 0.6 is 22.7 Å². The molecule has 2 heterocycles. The maximum Gasteiger partial charge on any atom is 0.348 e. The summed E-state index contributed by atoms with van der Waals surface area (Å²) in [5, 5.41) is 1.00. The topological polar surface area (TPSA) is 39.2 Å². The number of ether oxygens (including phenoxy) is 1. The molecule has 5 heteroatoms. The molecule has 3 nitrogen and oxygen atoms in total. The van der Waals surface area contributed by atoms with Crippen LogP contribution in [0, 0.1) is 6.92 Å². The van der Waals surface area contributed by atoms with E-state index in [1.807, 2.05) is 31.2 Å². The van der Waals surface area contributed by atoms with Crippen molar-refractivity contribution in [2.45, 2.75) is 13.3 Å². The predicted molar refractivity (Wildman–Crippen MR) is 82.7 cm³/mol. The molecule has 0 aliphatic rings. The largest absolute Gasteiger partial charge is 0.461 e. The van der Waals surface area contributed by atoms with Gasteiger partial charge in [-0.3, -0.25) is 0 Å². The minimum atomic E-state index is -0.246. The van der Waals surface area contributed by atoms with Crippen LogP contribution in [0.15, 0.2) is 36.4 Å². The van der Waals surface area contributed by atoms with Crippen LogP contribution < -0.4 is 0 Å². The van der Waals surface area contributed by atoms with Gasteiger partial charge in [-0.1, -0.05) is 12.1 Å². The lowest BCUT2D eigenvalue weighted by Gasteiger charge is -2.00. The zero-order valence-corrected chi connectivity index (χ0v) is 12.6. The van der Waals surface area contributed by atoms with Gasteiger partial charge >= 0.3 is 5.97 Å². The van der Waals surface area contributed by atoms with E-state index < -0.39 is 0 Å². The van der Waals surface area contributed by atoms with E-state index in [0.29, 0.717) is 17.9 Å².